The molecule has 0 radical (unpaired) electrons. The molecule has 74 heavy (non-hydrogen) atoms. The number of unbranched alkanes of at least 4 members (excludes halogenated alkanes) is 20. The zero-order valence-corrected chi connectivity index (χ0v) is 47.7. The lowest BCUT2D eigenvalue weighted by atomic mass is 10.0. The Morgan fingerprint density at radius 1 is 0.392 bits per heavy atom. The average Bonchev–Trinajstić information content (AvgIpc) is 3.39. The van der Waals surface area contributed by atoms with Crippen LogP contribution in [0, 0.1) is 0 Å². The van der Waals surface area contributed by atoms with Crippen molar-refractivity contribution in [1.82, 2.24) is 0 Å². The first kappa shape index (κ1) is 70.4. The second-order valence-corrected chi connectivity index (χ2v) is 20.5. The molecular weight excluding hydrogens is 952 g/mol. The monoisotopic (exact) mass is 1060 g/mol. The average molecular weight is 1060 g/mol. The van der Waals surface area contributed by atoms with Crippen molar-refractivity contribution in [2.75, 3.05) is 26.4 Å². The molecule has 0 aromatic heterocycles. The van der Waals surface area contributed by atoms with Crippen molar-refractivity contribution in [3.63, 3.8) is 0 Å². The molecule has 424 valence electrons. The van der Waals surface area contributed by atoms with Crippen molar-refractivity contribution in [3.05, 3.63) is 97.2 Å². The number of carbonyl (C=O) groups is 3. The number of hydrogen-bond acceptors (Lipinski definition) is 10. The minimum Gasteiger partial charge on any atom is -0.462 e. The Bertz CT molecular complexity index is 1610. The molecule has 0 spiro atoms. The van der Waals surface area contributed by atoms with E-state index < -0.39 is 57.8 Å². The Labute approximate surface area is 451 Å². The molecular formula is C62H105O11P. The van der Waals surface area contributed by atoms with Gasteiger partial charge in [-0.3, -0.25) is 23.4 Å². The van der Waals surface area contributed by atoms with Crippen molar-refractivity contribution < 1.29 is 52.2 Å². The third-order valence-electron chi connectivity index (χ3n) is 12.0. The molecule has 0 rings (SSSR count). The summed E-state index contributed by atoms with van der Waals surface area (Å²) in [5.74, 6) is -1.58. The van der Waals surface area contributed by atoms with Gasteiger partial charge in [-0.1, -0.05) is 234 Å². The number of esters is 3. The van der Waals surface area contributed by atoms with E-state index >= 15 is 0 Å². The lowest BCUT2D eigenvalue weighted by molar-refractivity contribution is -0.161. The van der Waals surface area contributed by atoms with Crippen LogP contribution >= 0.6 is 7.82 Å². The van der Waals surface area contributed by atoms with E-state index in [-0.39, 0.29) is 25.9 Å². The van der Waals surface area contributed by atoms with Gasteiger partial charge in [0.1, 0.15) is 12.7 Å². The maximum atomic E-state index is 12.9. The van der Waals surface area contributed by atoms with Gasteiger partial charge in [0.25, 0.3) is 0 Å². The third-order valence-corrected chi connectivity index (χ3v) is 12.9. The third kappa shape index (κ3) is 53.2. The van der Waals surface area contributed by atoms with Gasteiger partial charge in [0.15, 0.2) is 6.10 Å². The predicted octanol–water partition coefficient (Wildman–Crippen LogP) is 17.3. The number of aliphatic hydroxyl groups is 1. The van der Waals surface area contributed by atoms with E-state index in [9.17, 15) is 28.9 Å². The van der Waals surface area contributed by atoms with Crippen molar-refractivity contribution in [2.45, 2.75) is 251 Å². The molecule has 12 heteroatoms. The molecule has 3 unspecified atom stereocenters. The van der Waals surface area contributed by atoms with Gasteiger partial charge in [-0.15, -0.1) is 0 Å². The highest BCUT2D eigenvalue weighted by atomic mass is 31.2. The van der Waals surface area contributed by atoms with E-state index in [1.54, 1.807) is 0 Å². The van der Waals surface area contributed by atoms with E-state index in [4.69, 9.17) is 23.3 Å². The summed E-state index contributed by atoms with van der Waals surface area (Å²) in [4.78, 5) is 48.5. The highest BCUT2D eigenvalue weighted by Gasteiger charge is 2.28. The number of carbonyl (C=O) groups excluding carboxylic acids is 3. The summed E-state index contributed by atoms with van der Waals surface area (Å²) in [5.41, 5.74) is 0. The van der Waals surface area contributed by atoms with E-state index in [0.717, 1.165) is 103 Å². The van der Waals surface area contributed by atoms with Crippen LogP contribution in [0.2, 0.25) is 0 Å². The number of allylic oxidation sites excluding steroid dienone is 16. The van der Waals surface area contributed by atoms with Gasteiger partial charge < -0.3 is 24.2 Å². The first-order valence-electron chi connectivity index (χ1n) is 29.1. The molecule has 0 heterocycles. The summed E-state index contributed by atoms with van der Waals surface area (Å²) in [5, 5.41) is 9.80. The molecule has 0 bridgehead atoms. The minimum absolute atomic E-state index is 0.0393. The Morgan fingerprint density at radius 2 is 0.757 bits per heavy atom. The quantitative estimate of drug-likeness (QED) is 0.0197. The van der Waals surface area contributed by atoms with Crippen LogP contribution in [0.5, 0.6) is 0 Å². The molecule has 0 aliphatic carbocycles. The van der Waals surface area contributed by atoms with Crippen LogP contribution in [0.1, 0.15) is 239 Å². The second kappa shape index (κ2) is 55.6. The Kier molecular flexibility index (Phi) is 52.9. The smallest absolute Gasteiger partial charge is 0.462 e. The molecule has 0 aliphatic rings. The lowest BCUT2D eigenvalue weighted by Crippen LogP contribution is -2.30. The van der Waals surface area contributed by atoms with E-state index in [2.05, 4.69) is 106 Å². The molecule has 11 nitrogen and oxygen atoms in total. The summed E-state index contributed by atoms with van der Waals surface area (Å²) >= 11 is 0. The number of phosphoric acid groups is 1. The van der Waals surface area contributed by atoms with Crippen LogP contribution in [-0.4, -0.2) is 66.5 Å². The predicted molar refractivity (Wildman–Crippen MR) is 307 cm³/mol. The number of aliphatic hydroxyl groups excluding tert-OH is 1. The number of phosphoric ester groups is 1. The van der Waals surface area contributed by atoms with Crippen LogP contribution < -0.4 is 0 Å². The normalized spacial score (nSPS) is 14.1. The van der Waals surface area contributed by atoms with Crippen molar-refractivity contribution >= 4 is 25.7 Å². The molecule has 3 atom stereocenters. The van der Waals surface area contributed by atoms with Crippen molar-refractivity contribution in [2.24, 2.45) is 0 Å². The van der Waals surface area contributed by atoms with E-state index in [1.165, 1.54) is 70.6 Å². The summed E-state index contributed by atoms with van der Waals surface area (Å²) in [6.07, 6.45) is 65.2. The fourth-order valence-corrected chi connectivity index (χ4v) is 8.38. The minimum atomic E-state index is -4.77. The summed E-state index contributed by atoms with van der Waals surface area (Å²) in [6, 6.07) is 0. The number of rotatable bonds is 53. The van der Waals surface area contributed by atoms with E-state index in [0.29, 0.717) is 25.7 Å². The molecule has 2 N–H and O–H groups in total. The molecule has 0 aromatic rings. The van der Waals surface area contributed by atoms with Gasteiger partial charge in [0.05, 0.1) is 19.8 Å². The van der Waals surface area contributed by atoms with Gasteiger partial charge in [0.2, 0.25) is 0 Å². The van der Waals surface area contributed by atoms with E-state index in [1.807, 2.05) is 12.2 Å². The van der Waals surface area contributed by atoms with Gasteiger partial charge in [-0.05, 0) is 83.5 Å². The van der Waals surface area contributed by atoms with Crippen LogP contribution in [0.3, 0.4) is 0 Å². The van der Waals surface area contributed by atoms with Crippen LogP contribution in [0.25, 0.3) is 0 Å². The SMILES string of the molecule is CC/C=C\C/C=C\C/C=C\C/C=C\C/C=C\C/C=C\CCC(=O)OC(COC(=O)CCCCCCCCCCCCCCCCC)COP(=O)(O)OCC(CO)OC(=O)CCCCCCC/C=C\C/C=C\CCC. The molecule has 0 saturated carbocycles. The first-order chi connectivity index (χ1) is 36.2. The Balaban J connectivity index is 4.85. The Hall–Kier alpha value is -3.60. The van der Waals surface area contributed by atoms with Crippen LogP contribution in [0.4, 0.5) is 0 Å². The number of hydrogen-bond donors (Lipinski definition) is 2. The summed E-state index contributed by atoms with van der Waals surface area (Å²) in [6.45, 7) is 4.37. The zero-order chi connectivity index (χ0) is 54.1. The Morgan fingerprint density at radius 3 is 1.22 bits per heavy atom. The van der Waals surface area contributed by atoms with Crippen LogP contribution in [0.15, 0.2) is 97.2 Å². The second-order valence-electron chi connectivity index (χ2n) is 19.1. The maximum absolute atomic E-state index is 12.9. The highest BCUT2D eigenvalue weighted by molar-refractivity contribution is 7.47. The number of ether oxygens (including phenoxy) is 3. The molecule has 0 aromatic carbocycles. The van der Waals surface area contributed by atoms with Crippen molar-refractivity contribution in [3.8, 4) is 0 Å². The highest BCUT2D eigenvalue weighted by Crippen LogP contribution is 2.43. The fraction of sp³-hybridized carbons (Fsp3) is 0.694. The topological polar surface area (TPSA) is 155 Å². The van der Waals surface area contributed by atoms with Gasteiger partial charge >= 0.3 is 25.7 Å². The maximum Gasteiger partial charge on any atom is 0.472 e. The molecule has 0 amide bonds. The fourth-order valence-electron chi connectivity index (χ4n) is 7.60. The summed E-state index contributed by atoms with van der Waals surface area (Å²) < 4.78 is 39.4. The first-order valence-corrected chi connectivity index (χ1v) is 30.6. The molecule has 0 aliphatic heterocycles. The van der Waals surface area contributed by atoms with Gasteiger partial charge in [0, 0.05) is 19.3 Å². The lowest BCUT2D eigenvalue weighted by Gasteiger charge is -2.21. The largest absolute Gasteiger partial charge is 0.472 e. The molecule has 0 saturated heterocycles. The van der Waals surface area contributed by atoms with Gasteiger partial charge in [-0.2, -0.15) is 0 Å². The van der Waals surface area contributed by atoms with Crippen molar-refractivity contribution in [1.29, 1.82) is 0 Å². The standard InChI is InChI=1S/C62H105O11P/c1-4-7-10-13-16-19-22-25-27-28-29-30-32-35-38-41-44-47-50-53-62(66)73-59(55-69-60(64)51-48-45-42-39-36-34-31-26-23-20-17-14-11-8-5-2)57-71-74(67,68)70-56-58(54-63)72-61(65)52-49-46-43-40-37-33-24-21-18-15-12-9-6-3/h7,10,12,15-16,19,21,24-25,27,29-30,35,38,44,47,58-59,63H,4-6,8-9,11,13-14,17-18,20,22-23,26,28,31-34,36-37,39-43,45-46,48-57H2,1-3H3,(H,67,68)/b10-7-,15-12-,19-16-,24-21-,27-25-,30-29-,38-35-,47-44-. The van der Waals surface area contributed by atoms with Crippen LogP contribution in [-0.2, 0) is 42.2 Å². The summed E-state index contributed by atoms with van der Waals surface area (Å²) in [7, 11) is -4.77. The van der Waals surface area contributed by atoms with Gasteiger partial charge in [-0.25, -0.2) is 4.57 Å². The molecule has 0 fully saturated rings. The zero-order valence-electron chi connectivity index (χ0n) is 46.8.